The Balaban J connectivity index is 1.70. The van der Waals surface area contributed by atoms with Gasteiger partial charge in [0.15, 0.2) is 0 Å². The quantitative estimate of drug-likeness (QED) is 0.792. The predicted molar refractivity (Wildman–Crippen MR) is 111 cm³/mol. The van der Waals surface area contributed by atoms with Crippen molar-refractivity contribution >= 4 is 17.2 Å². The number of rotatable bonds is 7. The van der Waals surface area contributed by atoms with Crippen molar-refractivity contribution in [3.63, 3.8) is 0 Å². The Morgan fingerprint density at radius 3 is 2.48 bits per heavy atom. The predicted octanol–water partition coefficient (Wildman–Crippen LogP) is 3.25. The first-order valence-electron chi connectivity index (χ1n) is 9.58. The summed E-state index contributed by atoms with van der Waals surface area (Å²) in [7, 11) is 2.16. The first kappa shape index (κ1) is 19.9. The summed E-state index contributed by atoms with van der Waals surface area (Å²) in [4.78, 5) is 18.9. The summed E-state index contributed by atoms with van der Waals surface area (Å²) in [5.74, 6) is 0.747. The van der Waals surface area contributed by atoms with E-state index in [0.29, 0.717) is 12.2 Å². The van der Waals surface area contributed by atoms with Crippen molar-refractivity contribution in [3.05, 3.63) is 52.2 Å². The minimum Gasteiger partial charge on any atom is -0.494 e. The van der Waals surface area contributed by atoms with Gasteiger partial charge in [-0.3, -0.25) is 9.69 Å². The summed E-state index contributed by atoms with van der Waals surface area (Å²) in [6.07, 6.45) is 0. The van der Waals surface area contributed by atoms with Crippen LogP contribution in [0.1, 0.15) is 35.1 Å². The number of amides is 1. The van der Waals surface area contributed by atoms with Crippen LogP contribution in [0.2, 0.25) is 0 Å². The maximum Gasteiger partial charge on any atom is 0.251 e. The maximum absolute atomic E-state index is 12.8. The molecule has 0 spiro atoms. The van der Waals surface area contributed by atoms with Crippen LogP contribution in [0.15, 0.2) is 41.8 Å². The Labute approximate surface area is 165 Å². The first-order valence-corrected chi connectivity index (χ1v) is 10.5. The third-order valence-electron chi connectivity index (χ3n) is 5.03. The fourth-order valence-electron chi connectivity index (χ4n) is 3.54. The van der Waals surface area contributed by atoms with Crippen LogP contribution < -0.4 is 10.1 Å². The van der Waals surface area contributed by atoms with Crippen molar-refractivity contribution in [2.75, 3.05) is 39.8 Å². The number of carbonyl (C=O) groups is 1. The number of thiophene rings is 1. The summed E-state index contributed by atoms with van der Waals surface area (Å²) >= 11 is 1.76. The molecule has 1 N–H and O–H groups in total. The van der Waals surface area contributed by atoms with Gasteiger partial charge in [0.1, 0.15) is 5.75 Å². The fourth-order valence-corrected chi connectivity index (χ4v) is 4.50. The van der Waals surface area contributed by atoms with Crippen molar-refractivity contribution in [2.45, 2.75) is 25.9 Å². The summed E-state index contributed by atoms with van der Waals surface area (Å²) < 4.78 is 5.46. The molecule has 2 heterocycles. The number of nitrogens with zero attached hydrogens (tertiary/aromatic N) is 2. The van der Waals surface area contributed by atoms with Crippen LogP contribution in [0.3, 0.4) is 0 Å². The Hall–Kier alpha value is -1.89. The molecule has 1 amide bonds. The molecule has 1 aliphatic heterocycles. The van der Waals surface area contributed by atoms with Crippen molar-refractivity contribution in [1.82, 2.24) is 15.1 Å². The van der Waals surface area contributed by atoms with Gasteiger partial charge in [-0.2, -0.15) is 0 Å². The van der Waals surface area contributed by atoms with Crippen LogP contribution in [-0.2, 0) is 0 Å². The van der Waals surface area contributed by atoms with Gasteiger partial charge in [0.25, 0.3) is 5.91 Å². The largest absolute Gasteiger partial charge is 0.494 e. The lowest BCUT2D eigenvalue weighted by molar-refractivity contribution is 0.0799. The molecule has 0 bridgehead atoms. The number of likely N-dealkylation sites (N-methyl/N-ethyl adjacent to an activating group) is 1. The van der Waals surface area contributed by atoms with Crippen molar-refractivity contribution in [2.24, 2.45) is 0 Å². The van der Waals surface area contributed by atoms with Gasteiger partial charge in [-0.1, -0.05) is 6.07 Å². The number of carbonyl (C=O) groups excluding carboxylic acids is 1. The zero-order chi connectivity index (χ0) is 19.2. The Kier molecular flexibility index (Phi) is 6.88. The summed E-state index contributed by atoms with van der Waals surface area (Å²) in [5.41, 5.74) is 0.661. The number of ether oxygens (including phenoxy) is 1. The molecule has 0 radical (unpaired) electrons. The summed E-state index contributed by atoms with van der Waals surface area (Å²) in [6.45, 7) is 8.82. The monoisotopic (exact) mass is 387 g/mol. The number of hydrogen-bond acceptors (Lipinski definition) is 5. The highest BCUT2D eigenvalue weighted by Gasteiger charge is 2.30. The van der Waals surface area contributed by atoms with Gasteiger partial charge in [-0.25, -0.2) is 0 Å². The minimum atomic E-state index is -0.0405. The third kappa shape index (κ3) is 5.09. The molecule has 2 atom stereocenters. The summed E-state index contributed by atoms with van der Waals surface area (Å²) in [5, 5.41) is 5.33. The average Bonchev–Trinajstić information content (AvgIpc) is 3.18. The average molecular weight is 388 g/mol. The second-order valence-corrected chi connectivity index (χ2v) is 8.00. The van der Waals surface area contributed by atoms with Gasteiger partial charge in [0, 0.05) is 42.7 Å². The Morgan fingerprint density at radius 1 is 1.19 bits per heavy atom. The van der Waals surface area contributed by atoms with E-state index in [1.54, 1.807) is 11.3 Å². The van der Waals surface area contributed by atoms with Crippen molar-refractivity contribution in [3.8, 4) is 5.75 Å². The van der Waals surface area contributed by atoms with Crippen LogP contribution in [0.25, 0.3) is 0 Å². The Bertz CT molecular complexity index is 710. The number of piperazine rings is 1. The molecule has 2 unspecified atom stereocenters. The molecule has 0 aliphatic carbocycles. The molecule has 5 nitrogen and oxygen atoms in total. The molecule has 1 saturated heterocycles. The van der Waals surface area contributed by atoms with Gasteiger partial charge in [0.2, 0.25) is 0 Å². The number of hydrogen-bond donors (Lipinski definition) is 1. The maximum atomic E-state index is 12.8. The normalized spacial score (nSPS) is 18.0. The van der Waals surface area contributed by atoms with E-state index >= 15 is 0 Å². The van der Waals surface area contributed by atoms with Gasteiger partial charge in [0.05, 0.1) is 12.6 Å². The first-order chi connectivity index (χ1) is 13.1. The van der Waals surface area contributed by atoms with Crippen LogP contribution >= 0.6 is 11.3 Å². The molecular weight excluding hydrogens is 358 g/mol. The SMILES string of the molecule is CCOc1ccc(C(=O)NC(C)C(c2cccs2)N2CCN(C)CC2)cc1. The molecule has 1 aromatic heterocycles. The highest BCUT2D eigenvalue weighted by atomic mass is 32.1. The summed E-state index contributed by atoms with van der Waals surface area (Å²) in [6, 6.07) is 11.8. The lowest BCUT2D eigenvalue weighted by atomic mass is 10.0. The van der Waals surface area contributed by atoms with E-state index in [4.69, 9.17) is 4.74 Å². The van der Waals surface area contributed by atoms with E-state index in [-0.39, 0.29) is 18.0 Å². The second-order valence-electron chi connectivity index (χ2n) is 7.02. The molecule has 1 aliphatic rings. The van der Waals surface area contributed by atoms with Gasteiger partial charge in [-0.05, 0) is 56.6 Å². The molecule has 146 valence electrons. The second kappa shape index (κ2) is 9.35. The zero-order valence-corrected chi connectivity index (χ0v) is 17.2. The van der Waals surface area contributed by atoms with E-state index in [1.165, 1.54) is 4.88 Å². The molecule has 6 heteroatoms. The fraction of sp³-hybridized carbons (Fsp3) is 0.476. The molecule has 1 fully saturated rings. The molecule has 1 aromatic carbocycles. The van der Waals surface area contributed by atoms with E-state index in [2.05, 4.69) is 46.6 Å². The minimum absolute atomic E-state index is 0.0196. The van der Waals surface area contributed by atoms with Crippen LogP contribution in [0.4, 0.5) is 0 Å². The van der Waals surface area contributed by atoms with Crippen LogP contribution in [0.5, 0.6) is 5.75 Å². The van der Waals surface area contributed by atoms with Gasteiger partial charge >= 0.3 is 0 Å². The number of benzene rings is 1. The lowest BCUT2D eigenvalue weighted by Crippen LogP contribution is -2.51. The molecule has 0 saturated carbocycles. The van der Waals surface area contributed by atoms with Gasteiger partial charge in [-0.15, -0.1) is 11.3 Å². The topological polar surface area (TPSA) is 44.8 Å². The van der Waals surface area contributed by atoms with E-state index < -0.39 is 0 Å². The lowest BCUT2D eigenvalue weighted by Gasteiger charge is -2.40. The van der Waals surface area contributed by atoms with E-state index in [1.807, 2.05) is 31.2 Å². The van der Waals surface area contributed by atoms with E-state index in [9.17, 15) is 4.79 Å². The highest BCUT2D eigenvalue weighted by Crippen LogP contribution is 2.29. The smallest absolute Gasteiger partial charge is 0.251 e. The van der Waals surface area contributed by atoms with Crippen molar-refractivity contribution < 1.29 is 9.53 Å². The molecule has 27 heavy (non-hydrogen) atoms. The van der Waals surface area contributed by atoms with E-state index in [0.717, 1.165) is 31.9 Å². The standard InChI is InChI=1S/C21H29N3O2S/c1-4-26-18-9-7-17(8-10-18)21(25)22-16(2)20(19-6-5-15-27-19)24-13-11-23(3)12-14-24/h5-10,15-16,20H,4,11-14H2,1-3H3,(H,22,25). The van der Waals surface area contributed by atoms with Gasteiger partial charge < -0.3 is 15.0 Å². The molecular formula is C21H29N3O2S. The zero-order valence-electron chi connectivity index (χ0n) is 16.4. The molecule has 3 rings (SSSR count). The highest BCUT2D eigenvalue weighted by molar-refractivity contribution is 7.10. The van der Waals surface area contributed by atoms with Crippen LogP contribution in [0, 0.1) is 0 Å². The Morgan fingerprint density at radius 2 is 1.89 bits per heavy atom. The van der Waals surface area contributed by atoms with Crippen LogP contribution in [-0.4, -0.2) is 61.6 Å². The molecule has 2 aromatic rings. The third-order valence-corrected chi connectivity index (χ3v) is 5.97. The van der Waals surface area contributed by atoms with Crippen molar-refractivity contribution in [1.29, 1.82) is 0 Å². The number of nitrogens with one attached hydrogen (secondary N) is 1.